The molecule has 116 valence electrons. The lowest BCUT2D eigenvalue weighted by Gasteiger charge is -2.29. The molecule has 0 amide bonds. The van der Waals surface area contributed by atoms with Crippen LogP contribution in [-0.2, 0) is 0 Å². The molecule has 0 spiro atoms. The van der Waals surface area contributed by atoms with Crippen molar-refractivity contribution in [3.8, 4) is 0 Å². The topological polar surface area (TPSA) is 40.5 Å². The van der Waals surface area contributed by atoms with E-state index >= 15 is 0 Å². The lowest BCUT2D eigenvalue weighted by atomic mass is 10.1. The van der Waals surface area contributed by atoms with E-state index in [2.05, 4.69) is 0 Å². The maximum atomic E-state index is 12.2. The number of aliphatic hydroxyl groups is 2. The fourth-order valence-corrected chi connectivity index (χ4v) is 0.532. The average molecular weight is 308 g/mol. The molecule has 0 heterocycles. The van der Waals surface area contributed by atoms with Crippen LogP contribution < -0.4 is 0 Å². The van der Waals surface area contributed by atoms with Crippen molar-refractivity contribution >= 4 is 0 Å². The highest BCUT2D eigenvalue weighted by molar-refractivity contribution is 5.13. The first kappa shape index (κ1) is 20.3. The first-order valence-corrected chi connectivity index (χ1v) is 4.33. The fourth-order valence-electron chi connectivity index (χ4n) is 0.532. The Labute approximate surface area is 101 Å². The Kier molecular flexibility index (Phi) is 7.48. The van der Waals surface area contributed by atoms with Gasteiger partial charge in [0.05, 0.1) is 13.2 Å². The Morgan fingerprint density at radius 1 is 0.842 bits per heavy atom. The van der Waals surface area contributed by atoms with Gasteiger partial charge < -0.3 is 10.2 Å². The van der Waals surface area contributed by atoms with Crippen molar-refractivity contribution in [3.63, 3.8) is 0 Å². The smallest absolute Gasteiger partial charge is 0.378 e. The third-order valence-corrected chi connectivity index (χ3v) is 1.49. The van der Waals surface area contributed by atoms with E-state index in [1.54, 1.807) is 0 Å². The second kappa shape index (κ2) is 6.98. The second-order valence-corrected chi connectivity index (χ2v) is 3.06. The monoisotopic (exact) mass is 308 g/mol. The molecule has 0 aromatic rings. The summed E-state index contributed by atoms with van der Waals surface area (Å²) in [6.45, 7) is -0.885. The molecule has 0 fully saturated rings. The lowest BCUT2D eigenvalue weighted by Crippen LogP contribution is -2.53. The van der Waals surface area contributed by atoms with Crippen molar-refractivity contribution < 1.29 is 49.7 Å². The zero-order valence-electron chi connectivity index (χ0n) is 9.21. The number of aliphatic hydroxyl groups excluding tert-OH is 2. The van der Waals surface area contributed by atoms with Crippen molar-refractivity contribution in [2.24, 2.45) is 0 Å². The standard InChI is InChI=1S/C6H3F9.C2H6O2/c1-4(10,11)6(14,15)5(12,13)2(7)3(8)9;3-1-2-4/h1H3;3-4H,1-2H2. The molecule has 0 unspecified atom stereocenters. The van der Waals surface area contributed by atoms with Crippen LogP contribution in [0.25, 0.3) is 0 Å². The zero-order valence-corrected chi connectivity index (χ0v) is 9.21. The maximum Gasteiger partial charge on any atom is 0.378 e. The molecule has 0 aromatic heterocycles. The first-order chi connectivity index (χ1) is 8.27. The van der Waals surface area contributed by atoms with Crippen LogP contribution in [0.2, 0.25) is 0 Å². The minimum absolute atomic E-state index is 0.125. The van der Waals surface area contributed by atoms with Crippen molar-refractivity contribution in [1.82, 2.24) is 0 Å². The summed E-state index contributed by atoms with van der Waals surface area (Å²) in [7, 11) is 0. The zero-order chi connectivity index (χ0) is 16.1. The highest BCUT2D eigenvalue weighted by Crippen LogP contribution is 2.50. The highest BCUT2D eigenvalue weighted by atomic mass is 19.3. The minimum atomic E-state index is -6.26. The minimum Gasteiger partial charge on any atom is -0.394 e. The van der Waals surface area contributed by atoms with E-state index in [9.17, 15) is 39.5 Å². The number of allylic oxidation sites excluding steroid dienone is 1. The molecule has 19 heavy (non-hydrogen) atoms. The summed E-state index contributed by atoms with van der Waals surface area (Å²) in [4.78, 5) is 0. The van der Waals surface area contributed by atoms with E-state index in [4.69, 9.17) is 10.2 Å². The third kappa shape index (κ3) is 4.90. The summed E-state index contributed by atoms with van der Waals surface area (Å²) in [5.74, 6) is -21.7. The van der Waals surface area contributed by atoms with Gasteiger partial charge in [-0.15, -0.1) is 0 Å². The van der Waals surface area contributed by atoms with Gasteiger partial charge in [0.15, 0.2) is 0 Å². The Morgan fingerprint density at radius 3 is 1.32 bits per heavy atom. The van der Waals surface area contributed by atoms with Crippen LogP contribution in [0, 0.1) is 0 Å². The molecule has 0 atom stereocenters. The predicted octanol–water partition coefficient (Wildman–Crippen LogP) is 2.96. The molecular weight excluding hydrogens is 299 g/mol. The maximum absolute atomic E-state index is 12.2. The van der Waals surface area contributed by atoms with Gasteiger partial charge in [-0.3, -0.25) is 0 Å². The Bertz CT molecular complexity index is 302. The number of alkyl halides is 6. The van der Waals surface area contributed by atoms with E-state index in [1.807, 2.05) is 0 Å². The van der Waals surface area contributed by atoms with E-state index in [0.29, 0.717) is 0 Å². The predicted molar refractivity (Wildman–Crippen MR) is 45.0 cm³/mol. The van der Waals surface area contributed by atoms with Gasteiger partial charge in [0.25, 0.3) is 0 Å². The molecule has 0 radical (unpaired) electrons. The average Bonchev–Trinajstić information content (AvgIpc) is 2.26. The van der Waals surface area contributed by atoms with Crippen LogP contribution in [0.3, 0.4) is 0 Å². The third-order valence-electron chi connectivity index (χ3n) is 1.49. The molecule has 0 aromatic carbocycles. The van der Waals surface area contributed by atoms with E-state index in [-0.39, 0.29) is 13.2 Å². The Hall–Kier alpha value is -0.970. The lowest BCUT2D eigenvalue weighted by molar-refractivity contribution is -0.294. The molecule has 2 N–H and O–H groups in total. The van der Waals surface area contributed by atoms with Gasteiger partial charge in [-0.2, -0.15) is 39.5 Å². The van der Waals surface area contributed by atoms with Crippen molar-refractivity contribution in [2.45, 2.75) is 24.7 Å². The van der Waals surface area contributed by atoms with Gasteiger partial charge in [0.2, 0.25) is 5.83 Å². The van der Waals surface area contributed by atoms with Crippen molar-refractivity contribution in [3.05, 3.63) is 11.9 Å². The van der Waals surface area contributed by atoms with Crippen molar-refractivity contribution in [2.75, 3.05) is 13.2 Å². The molecule has 0 aliphatic rings. The summed E-state index contributed by atoms with van der Waals surface area (Å²) in [6.07, 6.45) is -3.77. The summed E-state index contributed by atoms with van der Waals surface area (Å²) in [5, 5.41) is 15.2. The summed E-state index contributed by atoms with van der Waals surface area (Å²) >= 11 is 0. The first-order valence-electron chi connectivity index (χ1n) is 4.33. The van der Waals surface area contributed by atoms with Crippen LogP contribution >= 0.6 is 0 Å². The van der Waals surface area contributed by atoms with Gasteiger partial charge >= 0.3 is 23.8 Å². The highest BCUT2D eigenvalue weighted by Gasteiger charge is 2.72. The molecule has 11 heteroatoms. The van der Waals surface area contributed by atoms with E-state index in [1.165, 1.54) is 0 Å². The molecule has 0 rings (SSSR count). The van der Waals surface area contributed by atoms with Gasteiger partial charge in [-0.1, -0.05) is 0 Å². The summed E-state index contributed by atoms with van der Waals surface area (Å²) < 4.78 is 107. The number of hydrogen-bond acceptors (Lipinski definition) is 2. The number of rotatable bonds is 4. The molecule has 0 aliphatic carbocycles. The quantitative estimate of drug-likeness (QED) is 0.784. The molecule has 0 aliphatic heterocycles. The molecular formula is C8H9F9O2. The van der Waals surface area contributed by atoms with Crippen LogP contribution in [-0.4, -0.2) is 41.2 Å². The van der Waals surface area contributed by atoms with E-state index in [0.717, 1.165) is 0 Å². The molecule has 0 saturated carbocycles. The van der Waals surface area contributed by atoms with Gasteiger partial charge in [0.1, 0.15) is 0 Å². The normalized spacial score (nSPS) is 12.6. The summed E-state index contributed by atoms with van der Waals surface area (Å²) in [5.41, 5.74) is 0. The largest absolute Gasteiger partial charge is 0.394 e. The van der Waals surface area contributed by atoms with Crippen molar-refractivity contribution in [1.29, 1.82) is 0 Å². The van der Waals surface area contributed by atoms with Gasteiger partial charge in [-0.25, -0.2) is 0 Å². The van der Waals surface area contributed by atoms with Crippen LogP contribution in [0.4, 0.5) is 39.5 Å². The van der Waals surface area contributed by atoms with Crippen LogP contribution in [0.5, 0.6) is 0 Å². The second-order valence-electron chi connectivity index (χ2n) is 3.06. The summed E-state index contributed by atoms with van der Waals surface area (Å²) in [6, 6.07) is 0. The number of hydrogen-bond donors (Lipinski definition) is 2. The fraction of sp³-hybridized carbons (Fsp3) is 0.750. The van der Waals surface area contributed by atoms with Gasteiger partial charge in [0, 0.05) is 6.92 Å². The Balaban J connectivity index is 0. The van der Waals surface area contributed by atoms with E-state index < -0.39 is 36.6 Å². The molecule has 0 bridgehead atoms. The molecule has 2 nitrogen and oxygen atoms in total. The van der Waals surface area contributed by atoms with Gasteiger partial charge in [-0.05, 0) is 0 Å². The number of halogens is 9. The SMILES string of the molecule is CC(F)(F)C(F)(F)C(F)(F)C(F)=C(F)F.OCCO. The Morgan fingerprint density at radius 2 is 1.16 bits per heavy atom. The molecule has 0 saturated heterocycles. The van der Waals surface area contributed by atoms with Crippen LogP contribution in [0.15, 0.2) is 11.9 Å². The van der Waals surface area contributed by atoms with Crippen LogP contribution in [0.1, 0.15) is 6.92 Å².